The third kappa shape index (κ3) is 2.89. The second-order valence-electron chi connectivity index (χ2n) is 5.13. The maximum Gasteiger partial charge on any atom is 0.0959 e. The average molecular weight is 236 g/mol. The van der Waals surface area contributed by atoms with Crippen molar-refractivity contribution in [3.05, 3.63) is 17.5 Å². The van der Waals surface area contributed by atoms with E-state index in [1.54, 1.807) is 0 Å². The summed E-state index contributed by atoms with van der Waals surface area (Å²) >= 11 is 0. The Balaban J connectivity index is 2.05. The molecule has 0 aliphatic heterocycles. The summed E-state index contributed by atoms with van der Waals surface area (Å²) in [5.74, 6) is 0.718. The van der Waals surface area contributed by atoms with E-state index >= 15 is 0 Å². The molecule has 1 aromatic heterocycles. The second kappa shape index (κ2) is 5.67. The lowest BCUT2D eigenvalue weighted by atomic mass is 9.98. The molecule has 1 saturated carbocycles. The van der Waals surface area contributed by atoms with Crippen LogP contribution in [0.2, 0.25) is 0 Å². The summed E-state index contributed by atoms with van der Waals surface area (Å²) in [5.41, 5.74) is 2.10. The molecule has 0 bridgehead atoms. The van der Waals surface area contributed by atoms with Crippen LogP contribution < -0.4 is 0 Å². The minimum Gasteiger partial charge on any atom is -0.387 e. The lowest BCUT2D eigenvalue weighted by Crippen LogP contribution is -2.10. The Bertz CT molecular complexity index is 353. The first-order valence-corrected chi connectivity index (χ1v) is 6.99. The maximum absolute atomic E-state index is 10.3. The number of aryl methyl sites for hydroxylation is 2. The summed E-state index contributed by atoms with van der Waals surface area (Å²) in [7, 11) is 0. The van der Waals surface area contributed by atoms with Gasteiger partial charge in [0.1, 0.15) is 0 Å². The van der Waals surface area contributed by atoms with Gasteiger partial charge in [-0.3, -0.25) is 4.68 Å². The van der Waals surface area contributed by atoms with Crippen LogP contribution in [-0.2, 0) is 13.0 Å². The fourth-order valence-corrected chi connectivity index (χ4v) is 2.86. The van der Waals surface area contributed by atoms with Gasteiger partial charge in [-0.1, -0.05) is 32.6 Å². The van der Waals surface area contributed by atoms with Crippen molar-refractivity contribution in [1.29, 1.82) is 0 Å². The van der Waals surface area contributed by atoms with Gasteiger partial charge in [0.15, 0.2) is 0 Å². The van der Waals surface area contributed by atoms with E-state index in [2.05, 4.69) is 25.0 Å². The van der Waals surface area contributed by atoms with Gasteiger partial charge in [0.2, 0.25) is 0 Å². The molecular formula is C14H24N2O. The Morgan fingerprint density at radius 1 is 1.41 bits per heavy atom. The van der Waals surface area contributed by atoms with Crippen LogP contribution >= 0.6 is 0 Å². The summed E-state index contributed by atoms with van der Waals surface area (Å²) in [6.45, 7) is 5.03. The van der Waals surface area contributed by atoms with Gasteiger partial charge in [-0.15, -0.1) is 0 Å². The zero-order valence-electron chi connectivity index (χ0n) is 11.0. The zero-order chi connectivity index (χ0) is 12.3. The van der Waals surface area contributed by atoms with Gasteiger partial charge in [-0.25, -0.2) is 0 Å². The molecular weight excluding hydrogens is 212 g/mol. The number of hydrogen-bond donors (Lipinski definition) is 1. The third-order valence-corrected chi connectivity index (χ3v) is 3.90. The number of aliphatic hydroxyl groups excluding tert-OH is 1. The molecule has 17 heavy (non-hydrogen) atoms. The first-order chi connectivity index (χ1) is 8.24. The van der Waals surface area contributed by atoms with Crippen LogP contribution in [0, 0.1) is 5.92 Å². The molecule has 0 saturated heterocycles. The van der Waals surface area contributed by atoms with E-state index in [1.807, 2.05) is 4.68 Å². The van der Waals surface area contributed by atoms with Crippen LogP contribution in [0.4, 0.5) is 0 Å². The van der Waals surface area contributed by atoms with Crippen molar-refractivity contribution in [3.63, 3.8) is 0 Å². The van der Waals surface area contributed by atoms with Crippen molar-refractivity contribution < 1.29 is 5.11 Å². The van der Waals surface area contributed by atoms with Gasteiger partial charge in [0, 0.05) is 6.54 Å². The smallest absolute Gasteiger partial charge is 0.0959 e. The molecule has 0 amide bonds. The molecule has 1 aliphatic rings. The van der Waals surface area contributed by atoms with E-state index in [4.69, 9.17) is 0 Å². The van der Waals surface area contributed by atoms with Crippen LogP contribution in [0.3, 0.4) is 0 Å². The van der Waals surface area contributed by atoms with Gasteiger partial charge in [-0.05, 0) is 31.7 Å². The van der Waals surface area contributed by atoms with Crippen molar-refractivity contribution in [2.45, 2.75) is 65.0 Å². The van der Waals surface area contributed by atoms with E-state index in [1.165, 1.54) is 25.7 Å². The minimum absolute atomic E-state index is 0.328. The Labute approximate surface area is 104 Å². The molecule has 0 spiro atoms. The van der Waals surface area contributed by atoms with E-state index in [0.29, 0.717) is 0 Å². The summed E-state index contributed by atoms with van der Waals surface area (Å²) in [6, 6.07) is 2.07. The van der Waals surface area contributed by atoms with Crippen LogP contribution in [-0.4, -0.2) is 14.9 Å². The molecule has 1 N–H and O–H groups in total. The van der Waals surface area contributed by atoms with Crippen molar-refractivity contribution in [3.8, 4) is 0 Å². The average Bonchev–Trinajstić information content (AvgIpc) is 2.96. The van der Waals surface area contributed by atoms with E-state index in [-0.39, 0.29) is 6.10 Å². The topological polar surface area (TPSA) is 38.0 Å². The van der Waals surface area contributed by atoms with E-state index < -0.39 is 0 Å². The third-order valence-electron chi connectivity index (χ3n) is 3.90. The fourth-order valence-electron chi connectivity index (χ4n) is 2.86. The number of nitrogens with zero attached hydrogens (tertiary/aromatic N) is 2. The Kier molecular flexibility index (Phi) is 4.21. The normalized spacial score (nSPS) is 18.8. The Hall–Kier alpha value is -0.830. The van der Waals surface area contributed by atoms with E-state index in [0.717, 1.165) is 36.7 Å². The molecule has 96 valence electrons. The predicted molar refractivity (Wildman–Crippen MR) is 68.8 cm³/mol. The Morgan fingerprint density at radius 2 is 2.12 bits per heavy atom. The highest BCUT2D eigenvalue weighted by Crippen LogP contribution is 2.33. The quantitative estimate of drug-likeness (QED) is 0.853. The maximum atomic E-state index is 10.3. The first kappa shape index (κ1) is 12.6. The van der Waals surface area contributed by atoms with Crippen molar-refractivity contribution in [1.82, 2.24) is 9.78 Å². The second-order valence-corrected chi connectivity index (χ2v) is 5.13. The standard InChI is InChI=1S/C14H24N2O/c1-3-12-10-13(16(4-2)15-12)14(17)9-11-7-5-6-8-11/h10-11,14,17H,3-9H2,1-2H3. The summed E-state index contributed by atoms with van der Waals surface area (Å²) in [6.07, 6.45) is 6.78. The summed E-state index contributed by atoms with van der Waals surface area (Å²) in [5, 5.41) is 14.8. The fraction of sp³-hybridized carbons (Fsp3) is 0.786. The predicted octanol–water partition coefficient (Wildman–Crippen LogP) is 3.08. The molecule has 0 aromatic carbocycles. The molecule has 1 atom stereocenters. The highest BCUT2D eigenvalue weighted by atomic mass is 16.3. The van der Waals surface area contributed by atoms with Crippen molar-refractivity contribution >= 4 is 0 Å². The highest BCUT2D eigenvalue weighted by Gasteiger charge is 2.22. The SMILES string of the molecule is CCc1cc(C(O)CC2CCCC2)n(CC)n1. The molecule has 0 radical (unpaired) electrons. The van der Waals surface area contributed by atoms with Gasteiger partial charge in [0.25, 0.3) is 0 Å². The molecule has 1 unspecified atom stereocenters. The molecule has 1 fully saturated rings. The molecule has 2 rings (SSSR count). The van der Waals surface area contributed by atoms with Crippen LogP contribution in [0.25, 0.3) is 0 Å². The molecule has 1 heterocycles. The number of rotatable bonds is 5. The van der Waals surface area contributed by atoms with Crippen LogP contribution in [0.5, 0.6) is 0 Å². The molecule has 3 nitrogen and oxygen atoms in total. The lowest BCUT2D eigenvalue weighted by Gasteiger charge is -2.16. The number of aliphatic hydroxyl groups is 1. The Morgan fingerprint density at radius 3 is 2.71 bits per heavy atom. The number of hydrogen-bond acceptors (Lipinski definition) is 2. The first-order valence-electron chi connectivity index (χ1n) is 6.99. The minimum atomic E-state index is -0.328. The van der Waals surface area contributed by atoms with Gasteiger partial charge in [0.05, 0.1) is 17.5 Å². The van der Waals surface area contributed by atoms with Crippen LogP contribution in [0.15, 0.2) is 6.07 Å². The van der Waals surface area contributed by atoms with Gasteiger partial charge in [-0.2, -0.15) is 5.10 Å². The van der Waals surface area contributed by atoms with Crippen molar-refractivity contribution in [2.24, 2.45) is 5.92 Å². The van der Waals surface area contributed by atoms with Crippen molar-refractivity contribution in [2.75, 3.05) is 0 Å². The molecule has 1 aromatic rings. The lowest BCUT2D eigenvalue weighted by molar-refractivity contribution is 0.135. The number of aromatic nitrogens is 2. The van der Waals surface area contributed by atoms with Gasteiger partial charge < -0.3 is 5.11 Å². The summed E-state index contributed by atoms with van der Waals surface area (Å²) in [4.78, 5) is 0. The molecule has 3 heteroatoms. The zero-order valence-corrected chi connectivity index (χ0v) is 11.0. The van der Waals surface area contributed by atoms with Gasteiger partial charge >= 0.3 is 0 Å². The monoisotopic (exact) mass is 236 g/mol. The van der Waals surface area contributed by atoms with E-state index in [9.17, 15) is 5.11 Å². The van der Waals surface area contributed by atoms with Crippen LogP contribution in [0.1, 0.15) is 63.4 Å². The summed E-state index contributed by atoms with van der Waals surface area (Å²) < 4.78 is 1.96. The largest absolute Gasteiger partial charge is 0.387 e. The molecule has 1 aliphatic carbocycles. The highest BCUT2D eigenvalue weighted by molar-refractivity contribution is 5.13.